The molecule has 3 aliphatic carbocycles. The maximum Gasteiger partial charge on any atom is 0.189 e. The first-order valence-electron chi connectivity index (χ1n) is 53.9. The summed E-state index contributed by atoms with van der Waals surface area (Å²) < 4.78 is 15.6. The van der Waals surface area contributed by atoms with Crippen LogP contribution in [0.3, 0.4) is 0 Å². The Labute approximate surface area is 854 Å². The number of hydrogen-bond donors (Lipinski definition) is 0. The molecule has 0 N–H and O–H groups in total. The van der Waals surface area contributed by atoms with E-state index in [0.717, 1.165) is 69.0 Å². The molecule has 0 saturated carbocycles. The smallest absolute Gasteiger partial charge is 0.189 e. The van der Waals surface area contributed by atoms with E-state index in [1.807, 2.05) is 484 Å². The van der Waals surface area contributed by atoms with E-state index in [9.17, 15) is 0 Å². The van der Waals surface area contributed by atoms with Gasteiger partial charge >= 0.3 is 0 Å². The Morgan fingerprint density at radius 2 is 0.540 bits per heavy atom. The van der Waals surface area contributed by atoms with Crippen molar-refractivity contribution in [2.24, 2.45) is 0 Å². The predicted molar refractivity (Wildman–Crippen MR) is 624 cm³/mol. The van der Waals surface area contributed by atoms with Gasteiger partial charge < -0.3 is 14.2 Å². The molecule has 0 fully saturated rings. The fourth-order valence-corrected chi connectivity index (χ4v) is 11.6. The highest BCUT2D eigenvalue weighted by Gasteiger charge is 2.11. The van der Waals surface area contributed by atoms with Gasteiger partial charge in [-0.3, -0.25) is 24.9 Å². The molecule has 0 amide bonds. The first-order valence-corrected chi connectivity index (χ1v) is 53.9. The molecule has 0 spiro atoms. The van der Waals surface area contributed by atoms with Crippen LogP contribution in [-0.2, 0) is 67.6 Å². The third-order valence-electron chi connectivity index (χ3n) is 16.9. The van der Waals surface area contributed by atoms with Crippen molar-refractivity contribution in [1.82, 2.24) is 55.3 Å². The number of aryl methyl sites for hydroxylation is 6. The number of rotatable bonds is 0. The van der Waals surface area contributed by atoms with E-state index in [4.69, 9.17) is 14.2 Å². The van der Waals surface area contributed by atoms with Crippen molar-refractivity contribution in [3.8, 4) is 5.75 Å². The van der Waals surface area contributed by atoms with Gasteiger partial charge in [-0.2, -0.15) is 20.4 Å². The molecular weight excluding hydrogens is 1700 g/mol. The fourth-order valence-electron chi connectivity index (χ4n) is 11.6. The second kappa shape index (κ2) is 123. The van der Waals surface area contributed by atoms with Gasteiger partial charge in [0.25, 0.3) is 0 Å². The lowest BCUT2D eigenvalue weighted by Crippen LogP contribution is -2.10. The van der Waals surface area contributed by atoms with Gasteiger partial charge in [-0.05, 0) is 187 Å². The van der Waals surface area contributed by atoms with Crippen LogP contribution < -0.4 is 4.74 Å². The molecule has 2 aliphatic heterocycles. The zero-order valence-electron chi connectivity index (χ0n) is 95.7. The fraction of sp³-hybridized carbons (Fsp3) is 0.448. The van der Waals surface area contributed by atoms with Crippen molar-refractivity contribution < 1.29 is 14.2 Å². The standard InChI is InChI=1S/C9H11N.C9H7N.C9H11N.C9H7N.C9H10O.3C8H6N2.C8H9N.C8H8O2.20C2H6/c2*1-2-6-9-8(4-1)5-3-7-10-9;3*1-2-4-9-7-10-6-5-8(9)3-1;1-2-4-8-7(3-1)5-9-6-10-8;1-2-4-8-6-10-9-5-7(8)3-1;1-2-4-8-7(3-1)5-6-9-10-8;1-2-7-4-5-9-6-8(7)3-1;1-2-4-8-7(3-1)5-9-6-10-8;20*1-2/h3,5,7H,1-2,4,6H2;1-7H;5-7H,1-4H2;1-7H;1-4H,5-7H2;3*1-6H;4-6H,1-3H2;1-4H,5-6H2;20*1-2H3. The van der Waals surface area contributed by atoms with Crippen molar-refractivity contribution >= 4 is 54.3 Å². The molecule has 0 radical (unpaired) electrons. The van der Waals surface area contributed by atoms with E-state index in [0.29, 0.717) is 13.4 Å². The van der Waals surface area contributed by atoms with Crippen LogP contribution in [0.1, 0.15) is 359 Å². The van der Waals surface area contributed by atoms with Gasteiger partial charge in [-0.15, -0.1) is 0 Å². The molecule has 7 aromatic carbocycles. The van der Waals surface area contributed by atoms with E-state index < -0.39 is 0 Å². The van der Waals surface area contributed by atoms with Crippen LogP contribution in [0, 0.1) is 0 Å². The van der Waals surface area contributed by atoms with Crippen LogP contribution in [-0.4, -0.2) is 68.7 Å². The summed E-state index contributed by atoms with van der Waals surface area (Å²) in [6.07, 6.45) is 38.9. The van der Waals surface area contributed by atoms with Gasteiger partial charge in [-0.25, -0.2) is 9.97 Å². The van der Waals surface area contributed by atoms with Crippen LogP contribution >= 0.6 is 0 Å². The molecular formula is C125H201N11O3. The summed E-state index contributed by atoms with van der Waals surface area (Å²) in [5, 5.41) is 23.4. The zero-order chi connectivity index (χ0) is 107. The summed E-state index contributed by atoms with van der Waals surface area (Å²) in [5.74, 6) is 0.953. The third-order valence-corrected chi connectivity index (χ3v) is 16.9. The first-order chi connectivity index (χ1) is 69.2. The lowest BCUT2D eigenvalue weighted by atomic mass is 9.94. The van der Waals surface area contributed by atoms with Crippen molar-refractivity contribution in [3.63, 3.8) is 0 Å². The molecule has 0 atom stereocenters. The minimum Gasteiger partial charge on any atom is -0.467 e. The van der Waals surface area contributed by atoms with Gasteiger partial charge in [0.15, 0.2) is 6.79 Å². The Morgan fingerprint density at radius 1 is 0.201 bits per heavy atom. The number of hydrogen-bond acceptors (Lipinski definition) is 14. The van der Waals surface area contributed by atoms with E-state index >= 15 is 0 Å². The predicted octanol–water partition coefficient (Wildman–Crippen LogP) is 38.7. The van der Waals surface area contributed by atoms with Crippen molar-refractivity contribution in [2.45, 2.75) is 367 Å². The number of pyridine rings is 5. The van der Waals surface area contributed by atoms with Crippen LogP contribution in [0.15, 0.2) is 299 Å². The SMILES string of the molecule is CC.CC.CC.CC.CC.CC.CC.CC.CC.CC.CC.CC.CC.CC.CC.CC.CC.CC.CC.CC.c1cc2c(cn1)CCC2.c1cc2c(cn1)CCCC2.c1ccc2c(c1)CCOC2.c1ccc2c(c1)COCO2.c1ccc2cnccc2c1.c1ccc2cnncc2c1.c1ccc2ncccc2c1.c1ccc2ncncc2c1.c1ccc2nnccc2c1.c1cnc2c(c1)CCCC2. The zero-order valence-corrected chi connectivity index (χ0v) is 95.7. The second-order valence-corrected chi connectivity index (χ2v) is 23.7. The van der Waals surface area contributed by atoms with E-state index in [2.05, 4.69) is 122 Å². The normalized spacial score (nSPS) is 10.1. The highest BCUT2D eigenvalue weighted by atomic mass is 16.7. The highest BCUT2D eigenvalue weighted by molar-refractivity contribution is 5.82. The minimum absolute atomic E-state index is 0.386. The highest BCUT2D eigenvalue weighted by Crippen LogP contribution is 2.24. The quantitative estimate of drug-likeness (QED) is 0.140. The van der Waals surface area contributed by atoms with Crippen molar-refractivity contribution in [2.75, 3.05) is 13.4 Å². The van der Waals surface area contributed by atoms with E-state index in [1.54, 1.807) is 24.9 Å². The minimum atomic E-state index is 0.386. The molecule has 8 aromatic heterocycles. The van der Waals surface area contributed by atoms with E-state index in [-0.39, 0.29) is 0 Å². The van der Waals surface area contributed by atoms with Crippen LogP contribution in [0.4, 0.5) is 0 Å². The molecule has 0 saturated heterocycles. The number of fused-ring (bicyclic) bond motifs is 10. The molecule has 10 heterocycles. The Kier molecular flexibility index (Phi) is 130. The Bertz CT molecular complexity index is 3820. The maximum absolute atomic E-state index is 5.30. The molecule has 774 valence electrons. The topological polar surface area (TPSA) is 169 Å². The van der Waals surface area contributed by atoms with E-state index in [1.165, 1.54) is 131 Å². The summed E-state index contributed by atoms with van der Waals surface area (Å²) in [4.78, 5) is 28.6. The summed E-state index contributed by atoms with van der Waals surface area (Å²) >= 11 is 0. The van der Waals surface area contributed by atoms with Gasteiger partial charge in [0, 0.05) is 94.0 Å². The van der Waals surface area contributed by atoms with Crippen molar-refractivity contribution in [1.29, 1.82) is 0 Å². The van der Waals surface area contributed by atoms with Gasteiger partial charge in [0.05, 0.1) is 55.0 Å². The summed E-state index contributed by atoms with van der Waals surface area (Å²) in [6, 6.07) is 72.9. The van der Waals surface area contributed by atoms with Crippen molar-refractivity contribution in [3.05, 3.63) is 349 Å². The third kappa shape index (κ3) is 69.9. The number of para-hydroxylation sites is 3. The summed E-state index contributed by atoms with van der Waals surface area (Å²) in [5.41, 5.74) is 15.7. The Morgan fingerprint density at radius 3 is 1.01 bits per heavy atom. The van der Waals surface area contributed by atoms with Gasteiger partial charge in [0.2, 0.25) is 0 Å². The molecule has 14 heteroatoms. The summed E-state index contributed by atoms with van der Waals surface area (Å²) in [7, 11) is 0. The molecule has 0 bridgehead atoms. The second-order valence-electron chi connectivity index (χ2n) is 23.7. The molecule has 15 aromatic rings. The lowest BCUT2D eigenvalue weighted by molar-refractivity contribution is -0.0163. The molecule has 0 unspecified atom stereocenters. The first kappa shape index (κ1) is 148. The lowest BCUT2D eigenvalue weighted by Gasteiger charge is -2.16. The number of nitrogens with zero attached hydrogens (tertiary/aromatic N) is 11. The Balaban J connectivity index is -0.000000160. The average molecular weight is 1910 g/mol. The maximum atomic E-state index is 5.30. The largest absolute Gasteiger partial charge is 0.467 e. The number of ether oxygens (including phenoxy) is 3. The van der Waals surface area contributed by atoms with Crippen LogP contribution in [0.2, 0.25) is 0 Å². The van der Waals surface area contributed by atoms with Gasteiger partial charge in [-0.1, -0.05) is 435 Å². The molecule has 5 aliphatic rings. The Hall–Kier alpha value is -11.5. The molecule has 14 nitrogen and oxygen atoms in total. The van der Waals surface area contributed by atoms with Gasteiger partial charge in [0.1, 0.15) is 12.1 Å². The van der Waals surface area contributed by atoms with Crippen LogP contribution in [0.25, 0.3) is 54.3 Å². The summed E-state index contributed by atoms with van der Waals surface area (Å²) in [6.45, 7) is 82.8. The molecule has 139 heavy (non-hydrogen) atoms. The number of aromatic nitrogens is 11. The molecule has 20 rings (SSSR count). The van der Waals surface area contributed by atoms with Crippen LogP contribution in [0.5, 0.6) is 5.75 Å². The monoisotopic (exact) mass is 1900 g/mol. The average Bonchev–Trinajstić information content (AvgIpc) is 1.62. The number of benzene rings is 7.